The summed E-state index contributed by atoms with van der Waals surface area (Å²) in [5.41, 5.74) is 5.38. The summed E-state index contributed by atoms with van der Waals surface area (Å²) < 4.78 is 35.0. The van der Waals surface area contributed by atoms with Crippen molar-refractivity contribution in [2.45, 2.75) is 31.3 Å². The van der Waals surface area contributed by atoms with Crippen LogP contribution in [0.25, 0.3) is 10.8 Å². The van der Waals surface area contributed by atoms with Crippen LogP contribution in [0, 0.1) is 0 Å². The molecule has 1 aromatic heterocycles. The van der Waals surface area contributed by atoms with E-state index < -0.39 is 28.1 Å². The molecule has 0 radical (unpaired) electrons. The summed E-state index contributed by atoms with van der Waals surface area (Å²) in [5, 5.41) is 4.00. The van der Waals surface area contributed by atoms with E-state index >= 15 is 0 Å². The Balaban J connectivity index is 2.32. The zero-order valence-electron chi connectivity index (χ0n) is 15.9. The number of pyridine rings is 1. The number of nitrogens with one attached hydrogen (secondary N) is 1. The van der Waals surface area contributed by atoms with E-state index in [1.807, 2.05) is 0 Å². The molecule has 0 unspecified atom stereocenters. The van der Waals surface area contributed by atoms with E-state index in [2.05, 4.69) is 14.8 Å². The van der Waals surface area contributed by atoms with Gasteiger partial charge in [-0.05, 0) is 32.9 Å². The van der Waals surface area contributed by atoms with Crippen LogP contribution in [0.3, 0.4) is 0 Å². The molecule has 0 amide bonds. The molecule has 0 spiro atoms. The Morgan fingerprint density at radius 2 is 2.04 bits per heavy atom. The minimum absolute atomic E-state index is 0.0176. The molecule has 0 saturated heterocycles. The second-order valence-electron chi connectivity index (χ2n) is 7.01. The molecule has 11 heteroatoms. The van der Waals surface area contributed by atoms with Crippen molar-refractivity contribution in [3.05, 3.63) is 30.6 Å². The zero-order valence-corrected chi connectivity index (χ0v) is 17.5. The van der Waals surface area contributed by atoms with E-state index in [0.29, 0.717) is 16.5 Å². The van der Waals surface area contributed by atoms with Gasteiger partial charge in [0.2, 0.25) is 16.0 Å². The van der Waals surface area contributed by atoms with E-state index in [9.17, 15) is 13.2 Å². The molecule has 152 valence electrons. The predicted molar refractivity (Wildman–Crippen MR) is 109 cm³/mol. The maximum atomic E-state index is 12.8. The minimum Gasteiger partial charge on any atom is -0.459 e. The van der Waals surface area contributed by atoms with Crippen molar-refractivity contribution in [3.8, 4) is 0 Å². The minimum atomic E-state index is -3.91. The maximum Gasteiger partial charge on any atom is 0.321 e. The molecule has 0 saturated carbocycles. The average Bonchev–Trinajstić information content (AvgIpc) is 2.59. The number of esters is 1. The first kappa shape index (κ1) is 21.9. The third-order valence-electron chi connectivity index (χ3n) is 3.56. The Morgan fingerprint density at radius 3 is 2.64 bits per heavy atom. The number of ether oxygens (including phenoxy) is 1. The highest BCUT2D eigenvalue weighted by Gasteiger charge is 2.26. The molecule has 3 N–H and O–H groups in total. The number of fused-ring (bicyclic) bond motifs is 1. The number of aromatic nitrogens is 1. The number of carbonyl (C=O) groups is 1. The van der Waals surface area contributed by atoms with Gasteiger partial charge in [0.25, 0.3) is 0 Å². The van der Waals surface area contributed by atoms with Crippen LogP contribution in [0.2, 0.25) is 0 Å². The lowest BCUT2D eigenvalue weighted by atomic mass is 10.1. The summed E-state index contributed by atoms with van der Waals surface area (Å²) in [4.78, 5) is 16.0. The van der Waals surface area contributed by atoms with Gasteiger partial charge in [0.05, 0.1) is 16.8 Å². The fraction of sp³-hybridized carbons (Fsp3) is 0.353. The second-order valence-corrected chi connectivity index (χ2v) is 9.23. The first-order valence-corrected chi connectivity index (χ1v) is 9.99. The number of sulfonamides is 1. The van der Waals surface area contributed by atoms with Gasteiger partial charge in [-0.25, -0.2) is 8.42 Å². The number of nitrogens with two attached hydrogens (primary N) is 1. The van der Waals surface area contributed by atoms with Gasteiger partial charge >= 0.3 is 5.97 Å². The van der Waals surface area contributed by atoms with Crippen LogP contribution >= 0.6 is 11.8 Å². The first-order valence-electron chi connectivity index (χ1n) is 8.21. The molecule has 0 aliphatic heterocycles. The van der Waals surface area contributed by atoms with Crippen LogP contribution in [0.4, 0.5) is 5.69 Å². The highest BCUT2D eigenvalue weighted by Crippen LogP contribution is 2.26. The molecule has 9 nitrogen and oxygen atoms in total. The Kier molecular flexibility index (Phi) is 6.48. The van der Waals surface area contributed by atoms with Crippen molar-refractivity contribution in [2.24, 2.45) is 10.2 Å². The van der Waals surface area contributed by atoms with Gasteiger partial charge in [-0.2, -0.15) is 4.31 Å². The molecular weight excluding hydrogens is 406 g/mol. The van der Waals surface area contributed by atoms with Gasteiger partial charge < -0.3 is 15.8 Å². The summed E-state index contributed by atoms with van der Waals surface area (Å²) in [6, 6.07) is 4.50. The average molecular weight is 428 g/mol. The van der Waals surface area contributed by atoms with Gasteiger partial charge in [-0.15, -0.1) is 4.51 Å². The zero-order chi connectivity index (χ0) is 21.1. The molecule has 2 aromatic rings. The normalized spacial score (nSPS) is 13.0. The van der Waals surface area contributed by atoms with Gasteiger partial charge in [0.15, 0.2) is 0 Å². The molecule has 1 aromatic carbocycles. The Labute approximate surface area is 168 Å². The Hall–Kier alpha value is -2.43. The van der Waals surface area contributed by atoms with Gasteiger partial charge in [-0.1, -0.05) is 6.07 Å². The monoisotopic (exact) mass is 427 g/mol. The lowest BCUT2D eigenvalue weighted by Crippen LogP contribution is -2.36. The smallest absolute Gasteiger partial charge is 0.321 e. The summed E-state index contributed by atoms with van der Waals surface area (Å²) in [7, 11) is -2.59. The molecular formula is C17H22ClN5O4S. The number of hydrogen-bond acceptors (Lipinski definition) is 6. The molecule has 0 aliphatic rings. The van der Waals surface area contributed by atoms with Crippen molar-refractivity contribution in [1.82, 2.24) is 9.29 Å². The SMILES string of the molecule is CN(CC(=O)OC(C)(C)C)S(=O)(=O)c1ccc2c(NC(N)=NCl)cncc2c1. The lowest BCUT2D eigenvalue weighted by Gasteiger charge is -2.22. The number of likely N-dealkylation sites (N-methyl/N-ethyl adjacent to an activating group) is 1. The summed E-state index contributed by atoms with van der Waals surface area (Å²) in [6.45, 7) is 4.73. The summed E-state index contributed by atoms with van der Waals surface area (Å²) in [5.74, 6) is -0.659. The molecule has 0 bridgehead atoms. The largest absolute Gasteiger partial charge is 0.459 e. The van der Waals surface area contributed by atoms with E-state index in [-0.39, 0.29) is 10.9 Å². The first-order chi connectivity index (χ1) is 12.9. The topological polar surface area (TPSA) is 127 Å². The third-order valence-corrected chi connectivity index (χ3v) is 5.55. The van der Waals surface area contributed by atoms with Crippen molar-refractivity contribution < 1.29 is 17.9 Å². The number of halogens is 1. The standard InChI is InChI=1S/C17H22ClN5O4S/c1-17(2,3)27-15(24)10-23(4)28(25,26)12-5-6-13-11(7-12)8-20-9-14(13)21-16(19)22-18/h5-9H,10H2,1-4H3,(H3,19,21,22). The lowest BCUT2D eigenvalue weighted by molar-refractivity contribution is -0.154. The van der Waals surface area contributed by atoms with Crippen LogP contribution in [-0.2, 0) is 19.6 Å². The highest BCUT2D eigenvalue weighted by molar-refractivity contribution is 7.89. The maximum absolute atomic E-state index is 12.8. The van der Waals surface area contributed by atoms with Gasteiger partial charge in [0.1, 0.15) is 12.1 Å². The molecule has 2 rings (SSSR count). The number of carbonyl (C=O) groups excluding carboxylic acids is 1. The van der Waals surface area contributed by atoms with E-state index in [1.54, 1.807) is 26.8 Å². The Morgan fingerprint density at radius 1 is 1.36 bits per heavy atom. The summed E-state index contributed by atoms with van der Waals surface area (Å²) in [6.07, 6.45) is 3.03. The number of anilines is 1. The van der Waals surface area contributed by atoms with Crippen molar-refractivity contribution in [2.75, 3.05) is 18.9 Å². The molecule has 0 fully saturated rings. The highest BCUT2D eigenvalue weighted by atomic mass is 35.5. The quantitative estimate of drug-likeness (QED) is 0.424. The van der Waals surface area contributed by atoms with Crippen molar-refractivity contribution >= 4 is 50.2 Å². The van der Waals surface area contributed by atoms with Gasteiger partial charge in [0, 0.05) is 35.8 Å². The number of rotatable bonds is 5. The fourth-order valence-electron chi connectivity index (χ4n) is 2.39. The predicted octanol–water partition coefficient (Wildman–Crippen LogP) is 2.08. The number of nitrogens with zero attached hydrogens (tertiary/aromatic N) is 3. The fourth-order valence-corrected chi connectivity index (χ4v) is 3.59. The van der Waals surface area contributed by atoms with Crippen LogP contribution in [0.15, 0.2) is 40.0 Å². The van der Waals surface area contributed by atoms with Crippen molar-refractivity contribution in [3.63, 3.8) is 0 Å². The van der Waals surface area contributed by atoms with E-state index in [1.165, 1.54) is 31.6 Å². The number of hydrogen-bond donors (Lipinski definition) is 2. The van der Waals surface area contributed by atoms with Crippen LogP contribution in [0.5, 0.6) is 0 Å². The van der Waals surface area contributed by atoms with Crippen molar-refractivity contribution in [1.29, 1.82) is 0 Å². The number of guanidine groups is 1. The second kappa shape index (κ2) is 8.29. The van der Waals surface area contributed by atoms with Crippen LogP contribution < -0.4 is 11.1 Å². The molecule has 28 heavy (non-hydrogen) atoms. The summed E-state index contributed by atoms with van der Waals surface area (Å²) >= 11 is 5.31. The molecule has 0 atom stereocenters. The Bertz CT molecular complexity index is 1020. The van der Waals surface area contributed by atoms with E-state index in [0.717, 1.165) is 4.31 Å². The van der Waals surface area contributed by atoms with Crippen LogP contribution in [-0.4, -0.2) is 48.8 Å². The van der Waals surface area contributed by atoms with Crippen LogP contribution in [0.1, 0.15) is 20.8 Å². The molecule has 0 aliphatic carbocycles. The third kappa shape index (κ3) is 5.31. The van der Waals surface area contributed by atoms with E-state index in [4.69, 9.17) is 22.2 Å². The van der Waals surface area contributed by atoms with Gasteiger partial charge in [-0.3, -0.25) is 9.78 Å². The molecule has 1 heterocycles. The number of benzene rings is 1.